The molecule has 3 aromatic carbocycles. The van der Waals surface area contributed by atoms with Crippen molar-refractivity contribution in [3.8, 4) is 17.2 Å². The molecule has 3 aliphatic heterocycles. The minimum atomic E-state index is -0.584. The fraction of sp³-hybridized carbons (Fsp3) is 0.333. The number of halogens is 1. The van der Waals surface area contributed by atoms with Gasteiger partial charge < -0.3 is 30.2 Å². The highest BCUT2D eigenvalue weighted by Gasteiger charge is 2.31. The number of pyridine rings is 1. The quantitative estimate of drug-likeness (QED) is 0.358. The van der Waals surface area contributed by atoms with E-state index < -0.39 is 11.2 Å². The van der Waals surface area contributed by atoms with Crippen molar-refractivity contribution in [3.05, 3.63) is 70.3 Å². The molecule has 2 fully saturated rings. The topological polar surface area (TPSA) is 92.8 Å². The summed E-state index contributed by atoms with van der Waals surface area (Å²) >= 11 is 0. The molecule has 2 saturated heterocycles. The van der Waals surface area contributed by atoms with Gasteiger partial charge in [-0.1, -0.05) is 24.3 Å². The van der Waals surface area contributed by atoms with Crippen molar-refractivity contribution < 1.29 is 13.9 Å². The molecule has 4 heterocycles. The lowest BCUT2D eigenvalue weighted by atomic mass is 10.0. The third kappa shape index (κ3) is 4.04. The number of ether oxygens (including phenoxy) is 1. The van der Waals surface area contributed by atoms with Gasteiger partial charge in [-0.05, 0) is 61.3 Å². The second-order valence-corrected chi connectivity index (χ2v) is 10.7. The molecular weight excluding hydrogens is 497 g/mol. The smallest absolute Gasteiger partial charge is 0.259 e. The summed E-state index contributed by atoms with van der Waals surface area (Å²) in [6.45, 7) is 4.30. The zero-order chi connectivity index (χ0) is 26.7. The van der Waals surface area contributed by atoms with Crippen LogP contribution in [0.1, 0.15) is 29.6 Å². The van der Waals surface area contributed by atoms with E-state index in [9.17, 15) is 9.59 Å². The van der Waals surface area contributed by atoms with E-state index in [1.54, 1.807) is 11.1 Å². The molecule has 8 nitrogen and oxygen atoms in total. The molecule has 1 atom stereocenters. The maximum atomic E-state index is 15.7. The fourth-order valence-corrected chi connectivity index (χ4v) is 6.11. The largest absolute Gasteiger partial charge is 0.451 e. The number of carbonyl (C=O) groups is 1. The number of likely N-dealkylation sites (tertiary alicyclic amines) is 2. The van der Waals surface area contributed by atoms with Crippen molar-refractivity contribution in [1.29, 1.82) is 0 Å². The Kier molecular flexibility index (Phi) is 5.79. The van der Waals surface area contributed by atoms with Crippen molar-refractivity contribution in [3.63, 3.8) is 0 Å². The lowest BCUT2D eigenvalue weighted by molar-refractivity contribution is 0.0789. The number of carbonyl (C=O) groups excluding carboxylic acids is 1. The first kappa shape index (κ1) is 24.1. The van der Waals surface area contributed by atoms with E-state index in [4.69, 9.17) is 10.5 Å². The molecule has 0 saturated carbocycles. The molecule has 0 spiro atoms. The monoisotopic (exact) mass is 527 g/mol. The number of nitrogens with zero attached hydrogens (tertiary/aromatic N) is 3. The van der Waals surface area contributed by atoms with Crippen molar-refractivity contribution in [1.82, 2.24) is 14.4 Å². The number of fused-ring (bicyclic) bond motifs is 3. The average Bonchev–Trinajstić information content (AvgIpc) is 3.62. The number of aromatic nitrogens is 1. The second-order valence-electron chi connectivity index (χ2n) is 10.7. The van der Waals surface area contributed by atoms with Crippen LogP contribution in [-0.2, 0) is 0 Å². The lowest BCUT2D eigenvalue weighted by Gasteiger charge is -2.27. The molecule has 0 unspecified atom stereocenters. The number of nitrogens with two attached hydrogens (primary N) is 1. The first-order valence-electron chi connectivity index (χ1n) is 13.6. The maximum Gasteiger partial charge on any atom is 0.259 e. The number of nitrogens with one attached hydrogen (secondary N) is 1. The van der Waals surface area contributed by atoms with Gasteiger partial charge >= 0.3 is 0 Å². The Balaban J connectivity index is 1.41. The summed E-state index contributed by atoms with van der Waals surface area (Å²) in [4.78, 5) is 31.1. The van der Waals surface area contributed by atoms with Gasteiger partial charge in [-0.3, -0.25) is 9.59 Å². The number of rotatable bonds is 5. The normalized spacial score (nSPS) is 18.5. The molecule has 9 heteroatoms. The van der Waals surface area contributed by atoms with Gasteiger partial charge in [0, 0.05) is 38.4 Å². The highest BCUT2D eigenvalue weighted by molar-refractivity contribution is 6.02. The molecule has 0 radical (unpaired) electrons. The van der Waals surface area contributed by atoms with Crippen molar-refractivity contribution >= 4 is 33.3 Å². The Morgan fingerprint density at radius 1 is 1.10 bits per heavy atom. The molecule has 7 rings (SSSR count). The van der Waals surface area contributed by atoms with E-state index in [2.05, 4.69) is 10.2 Å². The van der Waals surface area contributed by atoms with Crippen molar-refractivity contribution in [2.45, 2.75) is 25.3 Å². The van der Waals surface area contributed by atoms with E-state index in [0.29, 0.717) is 43.0 Å². The minimum absolute atomic E-state index is 0.00213. The van der Waals surface area contributed by atoms with E-state index in [0.717, 1.165) is 30.4 Å². The van der Waals surface area contributed by atoms with Gasteiger partial charge in [0.2, 0.25) is 5.43 Å². The molecule has 0 aliphatic carbocycles. The van der Waals surface area contributed by atoms with E-state index >= 15 is 4.39 Å². The predicted octanol–water partition coefficient (Wildman–Crippen LogP) is 4.07. The van der Waals surface area contributed by atoms with Gasteiger partial charge in [0.05, 0.1) is 11.1 Å². The summed E-state index contributed by atoms with van der Waals surface area (Å²) < 4.78 is 23.9. The molecule has 1 aromatic heterocycles. The Bertz CT molecular complexity index is 1690. The summed E-state index contributed by atoms with van der Waals surface area (Å²) in [5.41, 5.74) is 6.88. The minimum Gasteiger partial charge on any atom is -0.451 e. The van der Waals surface area contributed by atoms with Gasteiger partial charge in [0.1, 0.15) is 16.8 Å². The van der Waals surface area contributed by atoms with Crippen LogP contribution in [0.5, 0.6) is 11.5 Å². The predicted molar refractivity (Wildman–Crippen MR) is 150 cm³/mol. The van der Waals surface area contributed by atoms with Gasteiger partial charge in [0.25, 0.3) is 5.91 Å². The summed E-state index contributed by atoms with van der Waals surface area (Å²) in [5.74, 6) is -0.184. The van der Waals surface area contributed by atoms with Crippen LogP contribution in [0, 0.1) is 5.82 Å². The zero-order valence-corrected chi connectivity index (χ0v) is 21.6. The summed E-state index contributed by atoms with van der Waals surface area (Å²) in [6, 6.07) is 12.9. The zero-order valence-electron chi connectivity index (χ0n) is 21.6. The Morgan fingerprint density at radius 2 is 1.87 bits per heavy atom. The number of amides is 1. The molecule has 3 aliphatic rings. The standard InChI is InChI=1S/C30H30FN5O3/c31-23-15-21-27-29(26(23)33-8-12-34-9-3-4-10-34)39-25-14-19-6-2-1-5-18(19)13-24(25)36(27)17-22(28(21)37)30(38)35-11-7-20(32)16-35/h1-2,5-6,13-15,17,20,33H,3-4,7-12,16,32H2/t20-/m1/s1. The lowest BCUT2D eigenvalue weighted by Crippen LogP contribution is -2.35. The van der Waals surface area contributed by atoms with Crippen LogP contribution in [-0.4, -0.2) is 65.6 Å². The fourth-order valence-electron chi connectivity index (χ4n) is 6.11. The SMILES string of the molecule is N[C@@H]1CCN(C(=O)c2cn3c4c(c(NCCN5CCCC5)c(F)cc4c2=O)Oc2cc4ccccc4cc2-3)C1. The third-order valence-electron chi connectivity index (χ3n) is 8.17. The number of hydrogen-bond acceptors (Lipinski definition) is 6. The van der Waals surface area contributed by atoms with Crippen LogP contribution < -0.4 is 21.2 Å². The molecule has 0 bridgehead atoms. The molecule has 4 aromatic rings. The molecular formula is C30H30FN5O3. The number of anilines is 1. The maximum absolute atomic E-state index is 15.7. The summed E-state index contributed by atoms with van der Waals surface area (Å²) in [7, 11) is 0. The Labute approximate surface area is 224 Å². The highest BCUT2D eigenvalue weighted by atomic mass is 19.1. The van der Waals surface area contributed by atoms with Crippen molar-refractivity contribution in [2.75, 3.05) is 44.6 Å². The first-order valence-corrected chi connectivity index (χ1v) is 13.6. The highest BCUT2D eigenvalue weighted by Crippen LogP contribution is 2.46. The molecule has 3 N–H and O–H groups in total. The van der Waals surface area contributed by atoms with E-state index in [1.807, 2.05) is 41.0 Å². The van der Waals surface area contributed by atoms with E-state index in [1.165, 1.54) is 18.9 Å². The van der Waals surface area contributed by atoms with Crippen LogP contribution in [0.15, 0.2) is 53.5 Å². The summed E-state index contributed by atoms with van der Waals surface area (Å²) in [5, 5.41) is 5.31. The molecule has 39 heavy (non-hydrogen) atoms. The second kappa shape index (κ2) is 9.36. The van der Waals surface area contributed by atoms with Crippen molar-refractivity contribution in [2.24, 2.45) is 5.73 Å². The van der Waals surface area contributed by atoms with Crippen LogP contribution in [0.2, 0.25) is 0 Å². The number of hydrogen-bond donors (Lipinski definition) is 2. The Hall–Kier alpha value is -3.95. The molecule has 200 valence electrons. The van der Waals surface area contributed by atoms with Crippen LogP contribution in [0.3, 0.4) is 0 Å². The third-order valence-corrected chi connectivity index (χ3v) is 8.17. The van der Waals surface area contributed by atoms with Gasteiger partial charge in [0.15, 0.2) is 17.3 Å². The van der Waals surface area contributed by atoms with Crippen LogP contribution >= 0.6 is 0 Å². The Morgan fingerprint density at radius 3 is 2.62 bits per heavy atom. The van der Waals surface area contributed by atoms with Gasteiger partial charge in [-0.25, -0.2) is 4.39 Å². The van der Waals surface area contributed by atoms with Gasteiger partial charge in [-0.15, -0.1) is 0 Å². The van der Waals surface area contributed by atoms with Crippen LogP contribution in [0.4, 0.5) is 10.1 Å². The summed E-state index contributed by atoms with van der Waals surface area (Å²) in [6.07, 6.45) is 4.63. The average molecular weight is 528 g/mol. The van der Waals surface area contributed by atoms with Gasteiger partial charge in [-0.2, -0.15) is 0 Å². The first-order chi connectivity index (χ1) is 19.0. The van der Waals surface area contributed by atoms with Crippen LogP contribution in [0.25, 0.3) is 27.4 Å². The van der Waals surface area contributed by atoms with E-state index in [-0.39, 0.29) is 34.3 Å². The number of benzene rings is 3. The molecule has 1 amide bonds.